The highest BCUT2D eigenvalue weighted by Gasteiger charge is 2.12. The van der Waals surface area contributed by atoms with Crippen LogP contribution >= 0.6 is 0 Å². The normalized spacial score (nSPS) is 10.2. The highest BCUT2D eigenvalue weighted by atomic mass is 16.5. The molecule has 0 bridgehead atoms. The molecule has 0 aliphatic rings. The number of pyridine rings is 2. The molecule has 0 saturated heterocycles. The molecule has 0 fully saturated rings. The van der Waals surface area contributed by atoms with Gasteiger partial charge in [0, 0.05) is 37.0 Å². The molecule has 2 N–H and O–H groups in total. The Kier molecular flexibility index (Phi) is 5.05. The van der Waals surface area contributed by atoms with Crippen LogP contribution < -0.4 is 10.9 Å². The van der Waals surface area contributed by atoms with Crippen molar-refractivity contribution in [1.82, 2.24) is 31.0 Å². The lowest BCUT2D eigenvalue weighted by atomic mass is 10.2. The van der Waals surface area contributed by atoms with E-state index in [4.69, 9.17) is 4.52 Å². The van der Waals surface area contributed by atoms with Crippen LogP contribution in [0.3, 0.4) is 0 Å². The topological polar surface area (TPSA) is 123 Å². The van der Waals surface area contributed by atoms with Gasteiger partial charge in [0.05, 0.1) is 0 Å². The molecular formula is C16H14N6O3. The SMILES string of the molecule is O=C(CCc1nc(-c2ccncc2)no1)NNC(=O)c1ccccn1. The fourth-order valence-corrected chi connectivity index (χ4v) is 1.95. The second-order valence-electron chi connectivity index (χ2n) is 4.96. The first-order valence-corrected chi connectivity index (χ1v) is 7.45. The zero-order valence-electron chi connectivity index (χ0n) is 13.0. The number of aryl methyl sites for hydroxylation is 1. The molecule has 0 aliphatic heterocycles. The van der Waals surface area contributed by atoms with Gasteiger partial charge in [-0.2, -0.15) is 4.98 Å². The Hall–Kier alpha value is -3.62. The van der Waals surface area contributed by atoms with E-state index in [1.54, 1.807) is 42.7 Å². The number of nitrogens with one attached hydrogen (secondary N) is 2. The number of carbonyl (C=O) groups is 2. The summed E-state index contributed by atoms with van der Waals surface area (Å²) in [7, 11) is 0. The van der Waals surface area contributed by atoms with E-state index < -0.39 is 5.91 Å². The summed E-state index contributed by atoms with van der Waals surface area (Å²) in [5, 5.41) is 3.85. The molecule has 3 rings (SSSR count). The van der Waals surface area contributed by atoms with Gasteiger partial charge in [0.2, 0.25) is 17.6 Å². The molecule has 25 heavy (non-hydrogen) atoms. The Bertz CT molecular complexity index is 851. The molecule has 3 aromatic rings. The number of carbonyl (C=O) groups excluding carboxylic acids is 2. The molecule has 0 unspecified atom stereocenters. The molecule has 0 spiro atoms. The predicted octanol–water partition coefficient (Wildman–Crippen LogP) is 0.920. The van der Waals surface area contributed by atoms with Gasteiger partial charge in [0.25, 0.3) is 5.91 Å². The third-order valence-electron chi connectivity index (χ3n) is 3.19. The van der Waals surface area contributed by atoms with E-state index >= 15 is 0 Å². The molecular weight excluding hydrogens is 324 g/mol. The van der Waals surface area contributed by atoms with Crippen molar-refractivity contribution in [2.45, 2.75) is 12.8 Å². The molecule has 3 heterocycles. The number of aromatic nitrogens is 4. The standard InChI is InChI=1S/C16H14N6O3/c23-13(20-21-16(24)12-3-1-2-8-18-12)4-5-14-19-15(22-25-14)11-6-9-17-10-7-11/h1-3,6-10H,4-5H2,(H,20,23)(H,21,24). The molecule has 2 amide bonds. The fraction of sp³-hybridized carbons (Fsp3) is 0.125. The van der Waals surface area contributed by atoms with Gasteiger partial charge in [-0.1, -0.05) is 11.2 Å². The summed E-state index contributed by atoms with van der Waals surface area (Å²) < 4.78 is 5.11. The van der Waals surface area contributed by atoms with Gasteiger partial charge in [-0.3, -0.25) is 30.4 Å². The quantitative estimate of drug-likeness (QED) is 0.663. The number of nitrogens with zero attached hydrogens (tertiary/aromatic N) is 4. The second-order valence-corrected chi connectivity index (χ2v) is 4.96. The molecule has 0 aromatic carbocycles. The minimum atomic E-state index is -0.494. The Morgan fingerprint density at radius 2 is 1.88 bits per heavy atom. The smallest absolute Gasteiger partial charge is 0.288 e. The van der Waals surface area contributed by atoms with Crippen molar-refractivity contribution in [2.24, 2.45) is 0 Å². The molecule has 126 valence electrons. The van der Waals surface area contributed by atoms with Gasteiger partial charge < -0.3 is 4.52 Å². The van der Waals surface area contributed by atoms with Crippen LogP contribution in [-0.2, 0) is 11.2 Å². The first-order valence-electron chi connectivity index (χ1n) is 7.45. The summed E-state index contributed by atoms with van der Waals surface area (Å²) in [6.45, 7) is 0. The van der Waals surface area contributed by atoms with Gasteiger partial charge in [-0.15, -0.1) is 0 Å². The molecule has 0 atom stereocenters. The summed E-state index contributed by atoms with van der Waals surface area (Å²) >= 11 is 0. The Morgan fingerprint density at radius 1 is 1.04 bits per heavy atom. The first kappa shape index (κ1) is 16.2. The van der Waals surface area contributed by atoms with Crippen LogP contribution in [0.1, 0.15) is 22.8 Å². The van der Waals surface area contributed by atoms with Gasteiger partial charge in [0.15, 0.2) is 0 Å². The number of hydrogen-bond donors (Lipinski definition) is 2. The average Bonchev–Trinajstić information content (AvgIpc) is 3.15. The van der Waals surface area contributed by atoms with Crippen molar-refractivity contribution >= 4 is 11.8 Å². The lowest BCUT2D eigenvalue weighted by molar-refractivity contribution is -0.121. The van der Waals surface area contributed by atoms with Gasteiger partial charge in [-0.25, -0.2) is 0 Å². The molecule has 3 aromatic heterocycles. The van der Waals surface area contributed by atoms with Crippen molar-refractivity contribution in [3.05, 3.63) is 60.5 Å². The zero-order chi connectivity index (χ0) is 17.5. The van der Waals surface area contributed by atoms with E-state index in [2.05, 4.69) is 31.0 Å². The second kappa shape index (κ2) is 7.77. The Labute approximate surface area is 142 Å². The van der Waals surface area contributed by atoms with Crippen molar-refractivity contribution in [3.63, 3.8) is 0 Å². The highest BCUT2D eigenvalue weighted by Crippen LogP contribution is 2.14. The maximum atomic E-state index is 11.8. The van der Waals surface area contributed by atoms with E-state index in [0.717, 1.165) is 5.56 Å². The van der Waals surface area contributed by atoms with Crippen LogP contribution in [0.25, 0.3) is 11.4 Å². The van der Waals surface area contributed by atoms with Crippen LogP contribution in [0.4, 0.5) is 0 Å². The largest absolute Gasteiger partial charge is 0.339 e. The average molecular weight is 338 g/mol. The number of hydrazine groups is 1. The van der Waals surface area contributed by atoms with E-state index in [1.807, 2.05) is 0 Å². The number of amides is 2. The summed E-state index contributed by atoms with van der Waals surface area (Å²) in [6, 6.07) is 8.43. The fourth-order valence-electron chi connectivity index (χ4n) is 1.95. The van der Waals surface area contributed by atoms with Crippen molar-refractivity contribution < 1.29 is 14.1 Å². The lowest BCUT2D eigenvalue weighted by Gasteiger charge is -2.05. The van der Waals surface area contributed by atoms with E-state index in [1.165, 1.54) is 6.20 Å². The molecule has 0 saturated carbocycles. The Balaban J connectivity index is 1.47. The number of rotatable bonds is 5. The monoisotopic (exact) mass is 338 g/mol. The Morgan fingerprint density at radius 3 is 2.64 bits per heavy atom. The van der Waals surface area contributed by atoms with Crippen LogP contribution in [0.15, 0.2) is 53.4 Å². The van der Waals surface area contributed by atoms with Crippen molar-refractivity contribution in [3.8, 4) is 11.4 Å². The van der Waals surface area contributed by atoms with Crippen LogP contribution in [0.2, 0.25) is 0 Å². The maximum Gasteiger partial charge on any atom is 0.288 e. The van der Waals surface area contributed by atoms with E-state index in [-0.39, 0.29) is 24.4 Å². The summed E-state index contributed by atoms with van der Waals surface area (Å²) in [6.07, 6.45) is 5.09. The van der Waals surface area contributed by atoms with Crippen LogP contribution in [-0.4, -0.2) is 31.9 Å². The summed E-state index contributed by atoms with van der Waals surface area (Å²) in [5.74, 6) is -0.112. The third-order valence-corrected chi connectivity index (χ3v) is 3.19. The van der Waals surface area contributed by atoms with Crippen LogP contribution in [0, 0.1) is 0 Å². The molecule has 9 nitrogen and oxygen atoms in total. The highest BCUT2D eigenvalue weighted by molar-refractivity contribution is 5.93. The molecule has 0 aliphatic carbocycles. The van der Waals surface area contributed by atoms with Crippen molar-refractivity contribution in [1.29, 1.82) is 0 Å². The third kappa shape index (κ3) is 4.44. The predicted molar refractivity (Wildman–Crippen MR) is 85.7 cm³/mol. The number of hydrogen-bond acceptors (Lipinski definition) is 7. The van der Waals surface area contributed by atoms with E-state index in [9.17, 15) is 9.59 Å². The van der Waals surface area contributed by atoms with Gasteiger partial charge >= 0.3 is 0 Å². The maximum absolute atomic E-state index is 11.8. The summed E-state index contributed by atoms with van der Waals surface area (Å²) in [4.78, 5) is 35.5. The molecule has 9 heteroatoms. The van der Waals surface area contributed by atoms with Gasteiger partial charge in [-0.05, 0) is 24.3 Å². The first-order chi connectivity index (χ1) is 12.2. The van der Waals surface area contributed by atoms with Crippen LogP contribution in [0.5, 0.6) is 0 Å². The molecule has 0 radical (unpaired) electrons. The summed E-state index contributed by atoms with van der Waals surface area (Å²) in [5.41, 5.74) is 5.59. The minimum absolute atomic E-state index is 0.0838. The van der Waals surface area contributed by atoms with E-state index in [0.29, 0.717) is 11.7 Å². The lowest BCUT2D eigenvalue weighted by Crippen LogP contribution is -2.42. The zero-order valence-corrected chi connectivity index (χ0v) is 13.0. The van der Waals surface area contributed by atoms with Gasteiger partial charge in [0.1, 0.15) is 5.69 Å². The minimum Gasteiger partial charge on any atom is -0.339 e. The van der Waals surface area contributed by atoms with Crippen molar-refractivity contribution in [2.75, 3.05) is 0 Å².